The predicted molar refractivity (Wildman–Crippen MR) is 46.0 cm³/mol. The fourth-order valence-corrected chi connectivity index (χ4v) is 0.660. The summed E-state index contributed by atoms with van der Waals surface area (Å²) in [5.74, 6) is -0.258. The molecule has 1 aromatic rings. The Kier molecular flexibility index (Phi) is 2.99. The highest BCUT2D eigenvalue weighted by molar-refractivity contribution is 6.32. The van der Waals surface area contributed by atoms with Crippen molar-refractivity contribution in [3.05, 3.63) is 18.7 Å². The number of nitrogens with zero attached hydrogens (tertiary/aromatic N) is 2. The van der Waals surface area contributed by atoms with E-state index in [1.54, 1.807) is 6.92 Å². The molecule has 0 saturated carbocycles. The summed E-state index contributed by atoms with van der Waals surface area (Å²) in [6.45, 7) is 1.60. The molecule has 12 heavy (non-hydrogen) atoms. The van der Waals surface area contributed by atoms with Crippen LogP contribution in [0.1, 0.15) is 6.92 Å². The summed E-state index contributed by atoms with van der Waals surface area (Å²) in [5, 5.41) is 1.99. The van der Waals surface area contributed by atoms with Crippen LogP contribution >= 0.6 is 11.6 Å². The number of alkyl halides is 1. The Hall–Kier alpha value is -1.16. The van der Waals surface area contributed by atoms with Crippen molar-refractivity contribution in [2.45, 2.75) is 12.3 Å². The third kappa shape index (κ3) is 2.47. The van der Waals surface area contributed by atoms with Gasteiger partial charge in [0.2, 0.25) is 5.91 Å². The third-order valence-corrected chi connectivity index (χ3v) is 1.39. The summed E-state index contributed by atoms with van der Waals surface area (Å²) in [5.41, 5.74) is 0.551. The van der Waals surface area contributed by atoms with Gasteiger partial charge in [0.1, 0.15) is 11.7 Å². The quantitative estimate of drug-likeness (QED) is 0.701. The molecule has 0 aromatic carbocycles. The van der Waals surface area contributed by atoms with Gasteiger partial charge in [-0.1, -0.05) is 0 Å². The third-order valence-electron chi connectivity index (χ3n) is 1.19. The van der Waals surface area contributed by atoms with Crippen LogP contribution in [0.5, 0.6) is 0 Å². The van der Waals surface area contributed by atoms with E-state index in [-0.39, 0.29) is 5.91 Å². The van der Waals surface area contributed by atoms with E-state index >= 15 is 0 Å². The van der Waals surface area contributed by atoms with Gasteiger partial charge in [0, 0.05) is 0 Å². The van der Waals surface area contributed by atoms with Gasteiger partial charge in [-0.3, -0.25) is 4.79 Å². The molecule has 0 radical (unpaired) electrons. The van der Waals surface area contributed by atoms with Gasteiger partial charge in [0.05, 0.1) is 18.1 Å². The van der Waals surface area contributed by atoms with Gasteiger partial charge in [-0.15, -0.1) is 11.6 Å². The van der Waals surface area contributed by atoms with Gasteiger partial charge in [0.25, 0.3) is 0 Å². The lowest BCUT2D eigenvalue weighted by Crippen LogP contribution is -2.20. The van der Waals surface area contributed by atoms with Crippen molar-refractivity contribution in [2.24, 2.45) is 0 Å². The lowest BCUT2D eigenvalue weighted by Gasteiger charge is -2.03. The summed E-state index contributed by atoms with van der Waals surface area (Å²) in [4.78, 5) is 18.5. The zero-order valence-corrected chi connectivity index (χ0v) is 7.25. The Balaban J connectivity index is 2.59. The number of hydrogen-bond donors (Lipinski definition) is 1. The van der Waals surface area contributed by atoms with Crippen molar-refractivity contribution in [1.29, 1.82) is 0 Å². The maximum atomic E-state index is 11.0. The number of aromatic nitrogens is 2. The molecule has 64 valence electrons. The molecule has 0 aliphatic rings. The van der Waals surface area contributed by atoms with Crippen LogP contribution < -0.4 is 5.32 Å². The van der Waals surface area contributed by atoms with Gasteiger partial charge in [-0.25, -0.2) is 9.97 Å². The molecule has 0 aliphatic carbocycles. The molecule has 1 aromatic heterocycles. The van der Waals surface area contributed by atoms with Crippen LogP contribution in [0.3, 0.4) is 0 Å². The molecule has 1 atom stereocenters. The summed E-state index contributed by atoms with van der Waals surface area (Å²) in [6.07, 6.45) is 4.40. The Morgan fingerprint density at radius 1 is 1.58 bits per heavy atom. The number of carbonyl (C=O) groups excluding carboxylic acids is 1. The van der Waals surface area contributed by atoms with Crippen LogP contribution in [0.15, 0.2) is 18.7 Å². The van der Waals surface area contributed by atoms with E-state index in [1.165, 1.54) is 18.7 Å². The second-order valence-corrected chi connectivity index (χ2v) is 2.89. The van der Waals surface area contributed by atoms with E-state index in [0.29, 0.717) is 5.69 Å². The maximum absolute atomic E-state index is 11.0. The van der Waals surface area contributed by atoms with Gasteiger partial charge >= 0.3 is 0 Å². The highest BCUT2D eigenvalue weighted by Gasteiger charge is 2.08. The van der Waals surface area contributed by atoms with E-state index in [4.69, 9.17) is 11.6 Å². The summed E-state index contributed by atoms with van der Waals surface area (Å²) in [6, 6.07) is 0. The van der Waals surface area contributed by atoms with Crippen molar-refractivity contribution >= 4 is 23.2 Å². The number of amides is 1. The van der Waals surface area contributed by atoms with Gasteiger partial charge in [-0.2, -0.15) is 0 Å². The van der Waals surface area contributed by atoms with E-state index < -0.39 is 5.38 Å². The van der Waals surface area contributed by atoms with E-state index in [2.05, 4.69) is 15.3 Å². The van der Waals surface area contributed by atoms with Crippen molar-refractivity contribution in [1.82, 2.24) is 9.97 Å². The van der Waals surface area contributed by atoms with E-state index in [0.717, 1.165) is 0 Å². The molecule has 0 spiro atoms. The molecular formula is C7H8ClN3O. The Labute approximate surface area is 75.0 Å². The minimum Gasteiger partial charge on any atom is -0.322 e. The highest BCUT2D eigenvalue weighted by Crippen LogP contribution is 2.03. The number of rotatable bonds is 2. The molecule has 5 heteroatoms. The minimum atomic E-state index is -0.551. The average Bonchev–Trinajstić information content (AvgIpc) is 2.06. The Morgan fingerprint density at radius 3 is 2.67 bits per heavy atom. The molecule has 0 bridgehead atoms. The average molecular weight is 186 g/mol. The molecular weight excluding hydrogens is 178 g/mol. The van der Waals surface area contributed by atoms with Crippen molar-refractivity contribution in [3.8, 4) is 0 Å². The Bertz CT molecular complexity index is 263. The summed E-state index contributed by atoms with van der Waals surface area (Å²) in [7, 11) is 0. The highest BCUT2D eigenvalue weighted by atomic mass is 35.5. The molecule has 0 aliphatic heterocycles. The summed E-state index contributed by atoms with van der Waals surface area (Å²) >= 11 is 5.53. The first-order valence-electron chi connectivity index (χ1n) is 3.40. The monoisotopic (exact) mass is 185 g/mol. The fraction of sp³-hybridized carbons (Fsp3) is 0.286. The maximum Gasteiger partial charge on any atom is 0.242 e. The first kappa shape index (κ1) is 8.93. The smallest absolute Gasteiger partial charge is 0.242 e. The SMILES string of the molecule is CC(Cl)C(=O)Nc1cncnc1. The van der Waals surface area contributed by atoms with E-state index in [9.17, 15) is 4.79 Å². The first-order valence-corrected chi connectivity index (χ1v) is 3.83. The van der Waals surface area contributed by atoms with Crippen LogP contribution in [-0.2, 0) is 4.79 Å². The zero-order chi connectivity index (χ0) is 8.97. The molecule has 4 nitrogen and oxygen atoms in total. The van der Waals surface area contributed by atoms with Crippen molar-refractivity contribution in [3.63, 3.8) is 0 Å². The lowest BCUT2D eigenvalue weighted by molar-refractivity contribution is -0.115. The number of hydrogen-bond acceptors (Lipinski definition) is 3. The fourth-order valence-electron chi connectivity index (χ4n) is 0.605. The van der Waals surface area contributed by atoms with E-state index in [1.807, 2.05) is 0 Å². The molecule has 1 N–H and O–H groups in total. The molecule has 0 fully saturated rings. The van der Waals surface area contributed by atoms with Crippen molar-refractivity contribution in [2.75, 3.05) is 5.32 Å². The van der Waals surface area contributed by atoms with Gasteiger partial charge < -0.3 is 5.32 Å². The molecule has 1 heterocycles. The molecule has 1 unspecified atom stereocenters. The normalized spacial score (nSPS) is 12.2. The largest absolute Gasteiger partial charge is 0.322 e. The van der Waals surface area contributed by atoms with Crippen LogP contribution in [0.2, 0.25) is 0 Å². The Morgan fingerprint density at radius 2 is 2.17 bits per heavy atom. The molecule has 0 saturated heterocycles. The molecule has 1 amide bonds. The predicted octanol–water partition coefficient (Wildman–Crippen LogP) is 1.04. The van der Waals surface area contributed by atoms with Crippen LogP contribution in [0, 0.1) is 0 Å². The number of halogens is 1. The minimum absolute atomic E-state index is 0.258. The number of anilines is 1. The second kappa shape index (κ2) is 4.01. The number of carbonyl (C=O) groups is 1. The lowest BCUT2D eigenvalue weighted by atomic mass is 10.4. The number of nitrogens with one attached hydrogen (secondary N) is 1. The standard InChI is InChI=1S/C7H8ClN3O/c1-5(8)7(12)11-6-2-9-4-10-3-6/h2-5H,1H3,(H,11,12). The first-order chi connectivity index (χ1) is 5.70. The van der Waals surface area contributed by atoms with Crippen LogP contribution in [0.4, 0.5) is 5.69 Å². The van der Waals surface area contributed by atoms with Crippen LogP contribution in [0.25, 0.3) is 0 Å². The van der Waals surface area contributed by atoms with Gasteiger partial charge in [-0.05, 0) is 6.92 Å². The van der Waals surface area contributed by atoms with Gasteiger partial charge in [0.15, 0.2) is 0 Å². The van der Waals surface area contributed by atoms with Crippen LogP contribution in [-0.4, -0.2) is 21.3 Å². The van der Waals surface area contributed by atoms with Crippen molar-refractivity contribution < 1.29 is 4.79 Å². The molecule has 1 rings (SSSR count). The zero-order valence-electron chi connectivity index (χ0n) is 6.49. The second-order valence-electron chi connectivity index (χ2n) is 2.23. The topological polar surface area (TPSA) is 54.9 Å². The summed E-state index contributed by atoms with van der Waals surface area (Å²) < 4.78 is 0.